The van der Waals surface area contributed by atoms with Crippen molar-refractivity contribution in [3.05, 3.63) is 29.3 Å². The van der Waals surface area contributed by atoms with Crippen molar-refractivity contribution < 1.29 is 14.4 Å². The highest BCUT2D eigenvalue weighted by molar-refractivity contribution is 6.05. The van der Waals surface area contributed by atoms with E-state index in [1.807, 2.05) is 6.07 Å². The molecule has 0 saturated carbocycles. The topological polar surface area (TPSA) is 88.2 Å². The molecule has 2 N–H and O–H groups in total. The quantitative estimate of drug-likeness (QED) is 0.575. The van der Waals surface area contributed by atoms with Crippen LogP contribution < -0.4 is 15.5 Å². The first-order valence-corrected chi connectivity index (χ1v) is 14.2. The average molecular weight is 509 g/mol. The van der Waals surface area contributed by atoms with Gasteiger partial charge < -0.3 is 20.0 Å². The summed E-state index contributed by atoms with van der Waals surface area (Å²) >= 11 is 0. The predicted molar refractivity (Wildman–Crippen MR) is 141 cm³/mol. The highest BCUT2D eigenvalue weighted by Crippen LogP contribution is 2.31. The maximum Gasteiger partial charge on any atom is 0.255 e. The number of carbonyl (C=O) groups is 3. The van der Waals surface area contributed by atoms with Gasteiger partial charge in [0, 0.05) is 63.0 Å². The number of nitrogens with zero attached hydrogens (tertiary/aromatic N) is 4. The van der Waals surface area contributed by atoms with Gasteiger partial charge in [-0.15, -0.1) is 0 Å². The number of fused-ring (bicyclic) bond motifs is 1. The first-order chi connectivity index (χ1) is 18.0. The summed E-state index contributed by atoms with van der Waals surface area (Å²) in [6.45, 7) is 10.7. The van der Waals surface area contributed by atoms with Gasteiger partial charge in [0.15, 0.2) is 0 Å². The third-order valence-corrected chi connectivity index (χ3v) is 9.24. The molecule has 5 heterocycles. The number of nitrogens with one attached hydrogen (secondary N) is 2. The first-order valence-electron chi connectivity index (χ1n) is 14.2. The van der Waals surface area contributed by atoms with Gasteiger partial charge in [-0.1, -0.05) is 0 Å². The Bertz CT molecular complexity index is 1020. The van der Waals surface area contributed by atoms with Crippen molar-refractivity contribution in [1.29, 1.82) is 0 Å². The van der Waals surface area contributed by atoms with E-state index in [2.05, 4.69) is 37.5 Å². The van der Waals surface area contributed by atoms with Gasteiger partial charge in [0.05, 0.1) is 0 Å². The summed E-state index contributed by atoms with van der Waals surface area (Å²) in [4.78, 5) is 46.3. The van der Waals surface area contributed by atoms with E-state index >= 15 is 0 Å². The summed E-state index contributed by atoms with van der Waals surface area (Å²) in [7, 11) is 0. The van der Waals surface area contributed by atoms with Crippen LogP contribution in [0.5, 0.6) is 0 Å². The number of rotatable bonds is 5. The van der Waals surface area contributed by atoms with Crippen molar-refractivity contribution in [3.8, 4) is 0 Å². The summed E-state index contributed by atoms with van der Waals surface area (Å²) in [6, 6.07) is 6.34. The second-order valence-corrected chi connectivity index (χ2v) is 11.5. The molecular formula is C28H40N6O3. The smallest absolute Gasteiger partial charge is 0.255 e. The lowest BCUT2D eigenvalue weighted by molar-refractivity contribution is -0.136. The Morgan fingerprint density at radius 3 is 2.35 bits per heavy atom. The summed E-state index contributed by atoms with van der Waals surface area (Å²) in [5.74, 6) is 0.0982. The molecule has 0 unspecified atom stereocenters. The van der Waals surface area contributed by atoms with Crippen molar-refractivity contribution in [2.24, 2.45) is 5.92 Å². The van der Waals surface area contributed by atoms with E-state index in [0.29, 0.717) is 18.5 Å². The van der Waals surface area contributed by atoms with E-state index in [0.717, 1.165) is 49.4 Å². The number of carbonyl (C=O) groups excluding carboxylic acids is 3. The zero-order chi connectivity index (χ0) is 25.4. The molecule has 5 aliphatic heterocycles. The Labute approximate surface area is 219 Å². The number of hydrogen-bond donors (Lipinski definition) is 2. The SMILES string of the molecule is O=C1CC[C@H](N2Cc3cc(N4CCN(CC5CCN(C6CCNCC6)CC5)CC4)ccc3C2=O)C(=O)N1. The molecule has 5 aliphatic rings. The lowest BCUT2D eigenvalue weighted by atomic mass is 9.93. The number of benzene rings is 1. The molecule has 0 spiro atoms. The number of piperazine rings is 1. The molecule has 200 valence electrons. The molecular weight excluding hydrogens is 468 g/mol. The van der Waals surface area contributed by atoms with Gasteiger partial charge >= 0.3 is 0 Å². The normalized spacial score (nSPS) is 27.0. The Morgan fingerprint density at radius 2 is 1.62 bits per heavy atom. The van der Waals surface area contributed by atoms with E-state index in [1.54, 1.807) is 4.90 Å². The van der Waals surface area contributed by atoms with Crippen LogP contribution in [0.4, 0.5) is 5.69 Å². The summed E-state index contributed by atoms with van der Waals surface area (Å²) in [6.07, 6.45) is 5.94. The number of piperidine rings is 3. The monoisotopic (exact) mass is 508 g/mol. The fourth-order valence-corrected chi connectivity index (χ4v) is 6.98. The van der Waals surface area contributed by atoms with E-state index < -0.39 is 6.04 Å². The van der Waals surface area contributed by atoms with Gasteiger partial charge in [-0.2, -0.15) is 0 Å². The maximum absolute atomic E-state index is 13.0. The second kappa shape index (κ2) is 10.7. The molecule has 4 saturated heterocycles. The van der Waals surface area contributed by atoms with E-state index in [4.69, 9.17) is 0 Å². The number of amides is 3. The van der Waals surface area contributed by atoms with Gasteiger partial charge in [-0.25, -0.2) is 0 Å². The van der Waals surface area contributed by atoms with Crippen LogP contribution in [0.2, 0.25) is 0 Å². The van der Waals surface area contributed by atoms with E-state index in [9.17, 15) is 14.4 Å². The molecule has 4 fully saturated rings. The Morgan fingerprint density at radius 1 is 0.865 bits per heavy atom. The Kier molecular flexibility index (Phi) is 7.18. The van der Waals surface area contributed by atoms with Gasteiger partial charge in [0.1, 0.15) is 6.04 Å². The maximum atomic E-state index is 13.0. The minimum Gasteiger partial charge on any atom is -0.369 e. The number of hydrogen-bond acceptors (Lipinski definition) is 7. The lowest BCUT2D eigenvalue weighted by Gasteiger charge is -2.42. The summed E-state index contributed by atoms with van der Waals surface area (Å²) in [5.41, 5.74) is 2.82. The Balaban J connectivity index is 0.991. The summed E-state index contributed by atoms with van der Waals surface area (Å²) < 4.78 is 0. The van der Waals surface area contributed by atoms with E-state index in [1.165, 1.54) is 58.4 Å². The van der Waals surface area contributed by atoms with Crippen LogP contribution in [0.3, 0.4) is 0 Å². The standard InChI is InChI=1S/C28H40N6O3/c35-26-4-3-25(27(36)30-26)34-19-21-17-23(1-2-24(21)28(34)37)33-15-13-31(14-16-33)18-20-7-11-32(12-8-20)22-5-9-29-10-6-22/h1-2,17,20,22,25,29H,3-16,18-19H2,(H,30,35,36)/t25-/m0/s1. The van der Waals surface area contributed by atoms with Crippen molar-refractivity contribution in [3.63, 3.8) is 0 Å². The van der Waals surface area contributed by atoms with Gasteiger partial charge in [0.2, 0.25) is 11.8 Å². The zero-order valence-corrected chi connectivity index (χ0v) is 21.8. The van der Waals surface area contributed by atoms with Crippen LogP contribution in [-0.2, 0) is 16.1 Å². The fraction of sp³-hybridized carbons (Fsp3) is 0.679. The molecule has 9 heteroatoms. The van der Waals surface area contributed by atoms with Crippen molar-refractivity contribution >= 4 is 23.4 Å². The molecule has 1 atom stereocenters. The van der Waals surface area contributed by atoms with Crippen LogP contribution in [0.1, 0.15) is 54.4 Å². The van der Waals surface area contributed by atoms with Crippen LogP contribution in [0, 0.1) is 5.92 Å². The van der Waals surface area contributed by atoms with Crippen LogP contribution in [0.25, 0.3) is 0 Å². The number of imide groups is 1. The molecule has 37 heavy (non-hydrogen) atoms. The molecule has 0 aliphatic carbocycles. The summed E-state index contributed by atoms with van der Waals surface area (Å²) in [5, 5.41) is 5.86. The number of likely N-dealkylation sites (tertiary alicyclic amines) is 1. The minimum atomic E-state index is -0.559. The predicted octanol–water partition coefficient (Wildman–Crippen LogP) is 1.03. The van der Waals surface area contributed by atoms with E-state index in [-0.39, 0.29) is 24.1 Å². The molecule has 0 radical (unpaired) electrons. The third kappa shape index (κ3) is 5.26. The second-order valence-electron chi connectivity index (χ2n) is 11.5. The fourth-order valence-electron chi connectivity index (χ4n) is 6.98. The van der Waals surface area contributed by atoms with Crippen LogP contribution >= 0.6 is 0 Å². The van der Waals surface area contributed by atoms with Crippen molar-refractivity contribution in [1.82, 2.24) is 25.3 Å². The average Bonchev–Trinajstić information content (AvgIpc) is 3.25. The van der Waals surface area contributed by atoms with Gasteiger partial charge in [-0.05, 0) is 88.0 Å². The molecule has 0 bridgehead atoms. The largest absolute Gasteiger partial charge is 0.369 e. The molecule has 3 amide bonds. The minimum absolute atomic E-state index is 0.105. The highest BCUT2D eigenvalue weighted by atomic mass is 16.2. The first kappa shape index (κ1) is 24.8. The van der Waals surface area contributed by atoms with Gasteiger partial charge in [-0.3, -0.25) is 24.6 Å². The highest BCUT2D eigenvalue weighted by Gasteiger charge is 2.39. The zero-order valence-electron chi connectivity index (χ0n) is 21.8. The molecule has 0 aromatic heterocycles. The molecule has 1 aromatic carbocycles. The third-order valence-electron chi connectivity index (χ3n) is 9.24. The van der Waals surface area contributed by atoms with Gasteiger partial charge in [0.25, 0.3) is 5.91 Å². The van der Waals surface area contributed by atoms with Crippen LogP contribution in [0.15, 0.2) is 18.2 Å². The van der Waals surface area contributed by atoms with Crippen molar-refractivity contribution in [2.45, 2.75) is 57.2 Å². The van der Waals surface area contributed by atoms with Crippen molar-refractivity contribution in [2.75, 3.05) is 63.8 Å². The lowest BCUT2D eigenvalue weighted by Crippen LogP contribution is -2.52. The molecule has 6 rings (SSSR count). The molecule has 9 nitrogen and oxygen atoms in total. The number of anilines is 1. The van der Waals surface area contributed by atoms with Crippen LogP contribution in [-0.4, -0.2) is 103 Å². The molecule has 1 aromatic rings. The Hall–Kier alpha value is -2.49.